The molecule has 120 valence electrons. The second-order valence-corrected chi connectivity index (χ2v) is 6.34. The highest BCUT2D eigenvalue weighted by atomic mass is 14.1. The third kappa shape index (κ3) is 3.25. The molecule has 0 unspecified atom stereocenters. The summed E-state index contributed by atoms with van der Waals surface area (Å²) in [5.41, 5.74) is 8.86. The van der Waals surface area contributed by atoms with E-state index in [2.05, 4.69) is 110 Å². The zero-order valence-corrected chi connectivity index (χ0v) is 14.3. The summed E-state index contributed by atoms with van der Waals surface area (Å²) < 4.78 is 0. The minimum Gasteiger partial charge on any atom is -0.0622 e. The molecule has 0 nitrogen and oxygen atoms in total. The van der Waals surface area contributed by atoms with Crippen LogP contribution in [0.2, 0.25) is 0 Å². The molecular weight excluding hydrogens is 300 g/mol. The molecule has 0 amide bonds. The molecule has 0 saturated carbocycles. The summed E-state index contributed by atoms with van der Waals surface area (Å²) in [6.07, 6.45) is 0. The van der Waals surface area contributed by atoms with Crippen LogP contribution in [-0.2, 0) is 0 Å². The van der Waals surface area contributed by atoms with Gasteiger partial charge in [-0.1, -0.05) is 91.0 Å². The van der Waals surface area contributed by atoms with Crippen LogP contribution in [0.5, 0.6) is 0 Å². The molecule has 0 atom stereocenters. The van der Waals surface area contributed by atoms with Gasteiger partial charge in [0.1, 0.15) is 0 Å². The summed E-state index contributed by atoms with van der Waals surface area (Å²) >= 11 is 0. The SMILES string of the molecule is Cc1ccccc1-c1cccc(-c2cccc(-c3ccccc3)c2)c1. The van der Waals surface area contributed by atoms with E-state index in [9.17, 15) is 0 Å². The van der Waals surface area contributed by atoms with Crippen LogP contribution in [-0.4, -0.2) is 0 Å². The third-order valence-electron chi connectivity index (χ3n) is 4.62. The highest BCUT2D eigenvalue weighted by molar-refractivity contribution is 5.77. The molecule has 0 heteroatoms. The van der Waals surface area contributed by atoms with Crippen molar-refractivity contribution in [1.82, 2.24) is 0 Å². The van der Waals surface area contributed by atoms with Crippen LogP contribution in [0.3, 0.4) is 0 Å². The van der Waals surface area contributed by atoms with Crippen molar-refractivity contribution in [3.63, 3.8) is 0 Å². The summed E-state index contributed by atoms with van der Waals surface area (Å²) in [4.78, 5) is 0. The maximum Gasteiger partial charge on any atom is -0.0155 e. The zero-order chi connectivity index (χ0) is 17.1. The second-order valence-electron chi connectivity index (χ2n) is 6.34. The van der Waals surface area contributed by atoms with Gasteiger partial charge in [-0.05, 0) is 58.0 Å². The summed E-state index contributed by atoms with van der Waals surface area (Å²) in [5, 5.41) is 0. The van der Waals surface area contributed by atoms with Gasteiger partial charge in [-0.25, -0.2) is 0 Å². The van der Waals surface area contributed by atoms with Crippen LogP contribution in [0.4, 0.5) is 0 Å². The van der Waals surface area contributed by atoms with Gasteiger partial charge in [-0.15, -0.1) is 0 Å². The van der Waals surface area contributed by atoms with E-state index in [0.29, 0.717) is 0 Å². The van der Waals surface area contributed by atoms with Crippen molar-refractivity contribution in [2.24, 2.45) is 0 Å². The minimum atomic E-state index is 1.25. The molecule has 0 aliphatic rings. The monoisotopic (exact) mass is 320 g/mol. The smallest absolute Gasteiger partial charge is 0.0155 e. The number of benzene rings is 4. The number of aryl methyl sites for hydroxylation is 1. The zero-order valence-electron chi connectivity index (χ0n) is 14.3. The molecule has 4 aromatic carbocycles. The highest BCUT2D eigenvalue weighted by Gasteiger charge is 2.05. The van der Waals surface area contributed by atoms with Gasteiger partial charge in [0.25, 0.3) is 0 Å². The third-order valence-corrected chi connectivity index (χ3v) is 4.62. The van der Waals surface area contributed by atoms with Crippen molar-refractivity contribution >= 4 is 0 Å². The molecule has 0 bridgehead atoms. The Bertz CT molecular complexity index is 997. The molecule has 4 rings (SSSR count). The van der Waals surface area contributed by atoms with Gasteiger partial charge < -0.3 is 0 Å². The van der Waals surface area contributed by atoms with E-state index >= 15 is 0 Å². The Labute approximate surface area is 149 Å². The van der Waals surface area contributed by atoms with Gasteiger partial charge >= 0.3 is 0 Å². The van der Waals surface area contributed by atoms with Crippen molar-refractivity contribution in [1.29, 1.82) is 0 Å². The van der Waals surface area contributed by atoms with Gasteiger partial charge in [0.05, 0.1) is 0 Å². The summed E-state index contributed by atoms with van der Waals surface area (Å²) in [7, 11) is 0. The fourth-order valence-corrected chi connectivity index (χ4v) is 3.27. The van der Waals surface area contributed by atoms with Gasteiger partial charge in [0.15, 0.2) is 0 Å². The van der Waals surface area contributed by atoms with Crippen molar-refractivity contribution in [3.05, 3.63) is 109 Å². The molecular formula is C25H20. The first kappa shape index (κ1) is 15.4. The molecule has 0 aromatic heterocycles. The summed E-state index contributed by atoms with van der Waals surface area (Å²) in [6.45, 7) is 2.16. The topological polar surface area (TPSA) is 0 Å². The van der Waals surface area contributed by atoms with E-state index < -0.39 is 0 Å². The first-order valence-electron chi connectivity index (χ1n) is 8.63. The van der Waals surface area contributed by atoms with Crippen LogP contribution in [0.15, 0.2) is 103 Å². The Kier molecular flexibility index (Phi) is 4.18. The average molecular weight is 320 g/mol. The van der Waals surface area contributed by atoms with E-state index in [1.54, 1.807) is 0 Å². The Morgan fingerprint density at radius 3 is 1.56 bits per heavy atom. The lowest BCUT2D eigenvalue weighted by Gasteiger charge is -2.10. The molecule has 0 heterocycles. The molecule has 0 aliphatic heterocycles. The standard InChI is InChI=1S/C25H20/c1-19-9-5-6-16-25(19)24-15-8-14-23(18-24)22-13-7-12-21(17-22)20-10-3-2-4-11-20/h2-18H,1H3. The van der Waals surface area contributed by atoms with Crippen molar-refractivity contribution in [3.8, 4) is 33.4 Å². The Balaban J connectivity index is 1.76. The molecule has 0 N–H and O–H groups in total. The van der Waals surface area contributed by atoms with Crippen molar-refractivity contribution < 1.29 is 0 Å². The number of hydrogen-bond donors (Lipinski definition) is 0. The average Bonchev–Trinajstić information content (AvgIpc) is 2.69. The van der Waals surface area contributed by atoms with Crippen LogP contribution >= 0.6 is 0 Å². The van der Waals surface area contributed by atoms with Crippen LogP contribution < -0.4 is 0 Å². The summed E-state index contributed by atoms with van der Waals surface area (Å²) in [5.74, 6) is 0. The second kappa shape index (κ2) is 6.78. The fourth-order valence-electron chi connectivity index (χ4n) is 3.27. The van der Waals surface area contributed by atoms with Crippen LogP contribution in [0.1, 0.15) is 5.56 Å². The predicted octanol–water partition coefficient (Wildman–Crippen LogP) is 7.00. The predicted molar refractivity (Wildman–Crippen MR) is 107 cm³/mol. The highest BCUT2D eigenvalue weighted by Crippen LogP contribution is 2.30. The maximum absolute atomic E-state index is 2.28. The largest absolute Gasteiger partial charge is 0.0622 e. The minimum absolute atomic E-state index is 1.25. The van der Waals surface area contributed by atoms with Crippen LogP contribution in [0, 0.1) is 6.92 Å². The van der Waals surface area contributed by atoms with Gasteiger partial charge in [0, 0.05) is 0 Å². The molecule has 0 radical (unpaired) electrons. The fraction of sp³-hybridized carbons (Fsp3) is 0.0400. The lowest BCUT2D eigenvalue weighted by molar-refractivity contribution is 1.46. The molecule has 0 fully saturated rings. The normalized spacial score (nSPS) is 10.6. The van der Waals surface area contributed by atoms with Gasteiger partial charge in [-0.3, -0.25) is 0 Å². The van der Waals surface area contributed by atoms with E-state index in [-0.39, 0.29) is 0 Å². The van der Waals surface area contributed by atoms with E-state index in [0.717, 1.165) is 0 Å². The Morgan fingerprint density at radius 1 is 0.400 bits per heavy atom. The quantitative estimate of drug-likeness (QED) is 0.381. The number of rotatable bonds is 3. The molecule has 4 aromatic rings. The van der Waals surface area contributed by atoms with Crippen molar-refractivity contribution in [2.45, 2.75) is 6.92 Å². The Morgan fingerprint density at radius 2 is 0.880 bits per heavy atom. The van der Waals surface area contributed by atoms with E-state index in [4.69, 9.17) is 0 Å². The van der Waals surface area contributed by atoms with Gasteiger partial charge in [-0.2, -0.15) is 0 Å². The molecule has 25 heavy (non-hydrogen) atoms. The first-order chi connectivity index (χ1) is 12.3. The Hall–Kier alpha value is -3.12. The van der Waals surface area contributed by atoms with E-state index in [1.807, 2.05) is 0 Å². The van der Waals surface area contributed by atoms with Crippen LogP contribution in [0.25, 0.3) is 33.4 Å². The van der Waals surface area contributed by atoms with Crippen molar-refractivity contribution in [2.75, 3.05) is 0 Å². The molecule has 0 saturated heterocycles. The maximum atomic E-state index is 2.28. The lowest BCUT2D eigenvalue weighted by atomic mass is 9.95. The van der Waals surface area contributed by atoms with Gasteiger partial charge in [0.2, 0.25) is 0 Å². The molecule has 0 spiro atoms. The number of hydrogen-bond acceptors (Lipinski definition) is 0. The first-order valence-corrected chi connectivity index (χ1v) is 8.63. The molecule has 0 aliphatic carbocycles. The summed E-state index contributed by atoms with van der Waals surface area (Å²) in [6, 6.07) is 36.6. The van der Waals surface area contributed by atoms with E-state index in [1.165, 1.54) is 38.9 Å². The lowest BCUT2D eigenvalue weighted by Crippen LogP contribution is -1.85.